The number of rotatable bonds is 5. The van der Waals surface area contributed by atoms with Crippen molar-refractivity contribution in [1.82, 2.24) is 20.0 Å². The molecule has 25 heavy (non-hydrogen) atoms. The number of carbonyl (C=O) groups excluding carboxylic acids is 2. The van der Waals surface area contributed by atoms with Crippen LogP contribution in [0.25, 0.3) is 0 Å². The van der Waals surface area contributed by atoms with E-state index in [2.05, 4.69) is 10.4 Å². The topological polar surface area (TPSA) is 67.2 Å². The third-order valence-electron chi connectivity index (χ3n) is 4.70. The Bertz CT molecular complexity index is 691. The van der Waals surface area contributed by atoms with E-state index >= 15 is 0 Å². The summed E-state index contributed by atoms with van der Waals surface area (Å²) in [5.41, 5.74) is 0.941. The molecule has 2 heterocycles. The number of hydrogen-bond acceptors (Lipinski definition) is 3. The average Bonchev–Trinajstić information content (AvgIpc) is 3.15. The molecule has 1 N–H and O–H groups in total. The SMILES string of the molecule is CC(=O)NCC1CCN(C(=O)C(c2ccccc2)n2cccn2)CC1. The van der Waals surface area contributed by atoms with Crippen LogP contribution < -0.4 is 5.32 Å². The normalized spacial score (nSPS) is 16.4. The van der Waals surface area contributed by atoms with E-state index in [1.165, 1.54) is 6.92 Å². The Morgan fingerprint density at radius 1 is 1.20 bits per heavy atom. The molecule has 132 valence electrons. The zero-order chi connectivity index (χ0) is 17.6. The zero-order valence-corrected chi connectivity index (χ0v) is 14.5. The summed E-state index contributed by atoms with van der Waals surface area (Å²) in [6.07, 6.45) is 5.35. The quantitative estimate of drug-likeness (QED) is 0.903. The first-order valence-corrected chi connectivity index (χ1v) is 8.72. The second-order valence-corrected chi connectivity index (χ2v) is 6.51. The Kier molecular flexibility index (Phi) is 5.48. The lowest BCUT2D eigenvalue weighted by atomic mass is 9.95. The number of likely N-dealkylation sites (tertiary alicyclic amines) is 1. The fourth-order valence-corrected chi connectivity index (χ4v) is 3.30. The molecule has 6 nitrogen and oxygen atoms in total. The van der Waals surface area contributed by atoms with E-state index < -0.39 is 6.04 Å². The van der Waals surface area contributed by atoms with E-state index in [0.29, 0.717) is 25.6 Å². The molecule has 0 saturated carbocycles. The molecule has 2 aromatic rings. The van der Waals surface area contributed by atoms with Gasteiger partial charge in [0.05, 0.1) is 0 Å². The van der Waals surface area contributed by atoms with Gasteiger partial charge in [-0.1, -0.05) is 30.3 Å². The van der Waals surface area contributed by atoms with Crippen molar-refractivity contribution in [2.45, 2.75) is 25.8 Å². The molecule has 1 atom stereocenters. The highest BCUT2D eigenvalue weighted by atomic mass is 16.2. The highest BCUT2D eigenvalue weighted by molar-refractivity contribution is 5.83. The van der Waals surface area contributed by atoms with Crippen LogP contribution in [0, 0.1) is 5.92 Å². The van der Waals surface area contributed by atoms with Gasteiger partial charge in [0.25, 0.3) is 5.91 Å². The van der Waals surface area contributed by atoms with Gasteiger partial charge >= 0.3 is 0 Å². The van der Waals surface area contributed by atoms with Crippen LogP contribution in [0.3, 0.4) is 0 Å². The first-order valence-electron chi connectivity index (χ1n) is 8.72. The minimum absolute atomic E-state index is 0.00123. The molecule has 0 radical (unpaired) electrons. The summed E-state index contributed by atoms with van der Waals surface area (Å²) in [6, 6.07) is 11.2. The van der Waals surface area contributed by atoms with Crippen LogP contribution in [0.2, 0.25) is 0 Å². The Morgan fingerprint density at radius 3 is 2.52 bits per heavy atom. The number of nitrogens with one attached hydrogen (secondary N) is 1. The highest BCUT2D eigenvalue weighted by Gasteiger charge is 2.30. The van der Waals surface area contributed by atoms with E-state index in [0.717, 1.165) is 18.4 Å². The maximum Gasteiger partial charge on any atom is 0.252 e. The summed E-state index contributed by atoms with van der Waals surface area (Å²) >= 11 is 0. The molecule has 1 aromatic heterocycles. The first kappa shape index (κ1) is 17.2. The lowest BCUT2D eigenvalue weighted by molar-refractivity contribution is -0.135. The van der Waals surface area contributed by atoms with E-state index in [-0.39, 0.29) is 11.8 Å². The molecule has 1 aliphatic heterocycles. The van der Waals surface area contributed by atoms with Crippen molar-refractivity contribution < 1.29 is 9.59 Å². The minimum atomic E-state index is -0.428. The number of nitrogens with zero attached hydrogens (tertiary/aromatic N) is 3. The molecule has 1 saturated heterocycles. The third-order valence-corrected chi connectivity index (χ3v) is 4.70. The number of amides is 2. The summed E-state index contributed by atoms with van der Waals surface area (Å²) in [4.78, 5) is 26.1. The van der Waals surface area contributed by atoms with Crippen LogP contribution in [0.1, 0.15) is 31.4 Å². The van der Waals surface area contributed by atoms with Crippen LogP contribution in [0.4, 0.5) is 0 Å². The molecule has 0 bridgehead atoms. The first-order chi connectivity index (χ1) is 12.1. The number of piperidine rings is 1. The smallest absolute Gasteiger partial charge is 0.252 e. The fourth-order valence-electron chi connectivity index (χ4n) is 3.30. The minimum Gasteiger partial charge on any atom is -0.356 e. The van der Waals surface area contributed by atoms with Gasteiger partial charge in [-0.2, -0.15) is 5.10 Å². The summed E-state index contributed by atoms with van der Waals surface area (Å²) in [7, 11) is 0. The van der Waals surface area contributed by atoms with Gasteiger partial charge in [-0.05, 0) is 30.4 Å². The van der Waals surface area contributed by atoms with Gasteiger partial charge in [0, 0.05) is 39.0 Å². The molecule has 1 aromatic carbocycles. The Labute approximate surface area is 147 Å². The van der Waals surface area contributed by atoms with Crippen molar-refractivity contribution >= 4 is 11.8 Å². The second-order valence-electron chi connectivity index (χ2n) is 6.51. The lowest BCUT2D eigenvalue weighted by Gasteiger charge is -2.34. The van der Waals surface area contributed by atoms with Crippen molar-refractivity contribution in [3.8, 4) is 0 Å². The second kappa shape index (κ2) is 7.96. The van der Waals surface area contributed by atoms with Gasteiger partial charge in [-0.15, -0.1) is 0 Å². The number of hydrogen-bond donors (Lipinski definition) is 1. The largest absolute Gasteiger partial charge is 0.356 e. The molecule has 1 fully saturated rings. The van der Waals surface area contributed by atoms with Crippen LogP contribution >= 0.6 is 0 Å². The van der Waals surface area contributed by atoms with Crippen molar-refractivity contribution in [1.29, 1.82) is 0 Å². The van der Waals surface area contributed by atoms with Gasteiger partial charge in [0.1, 0.15) is 0 Å². The molecule has 2 amide bonds. The molecule has 0 spiro atoms. The van der Waals surface area contributed by atoms with Crippen LogP contribution in [-0.4, -0.2) is 46.1 Å². The molecular weight excluding hydrogens is 316 g/mol. The maximum absolute atomic E-state index is 13.2. The van der Waals surface area contributed by atoms with Gasteiger partial charge < -0.3 is 10.2 Å². The third kappa shape index (κ3) is 4.26. The summed E-state index contributed by atoms with van der Waals surface area (Å²) in [6.45, 7) is 3.66. The predicted octanol–water partition coefficient (Wildman–Crippen LogP) is 1.85. The van der Waals surface area contributed by atoms with Crippen molar-refractivity contribution in [2.24, 2.45) is 5.92 Å². The number of benzene rings is 1. The number of carbonyl (C=O) groups is 2. The van der Waals surface area contributed by atoms with Crippen LogP contribution in [-0.2, 0) is 9.59 Å². The van der Waals surface area contributed by atoms with Crippen LogP contribution in [0.5, 0.6) is 0 Å². The van der Waals surface area contributed by atoms with Gasteiger partial charge in [-0.3, -0.25) is 14.3 Å². The van der Waals surface area contributed by atoms with E-state index in [1.807, 2.05) is 47.5 Å². The Balaban J connectivity index is 1.69. The number of aromatic nitrogens is 2. The molecule has 1 unspecified atom stereocenters. The van der Waals surface area contributed by atoms with E-state index in [1.54, 1.807) is 10.9 Å². The Hall–Kier alpha value is -2.63. The monoisotopic (exact) mass is 340 g/mol. The molecule has 6 heteroatoms. The molecule has 0 aliphatic carbocycles. The van der Waals surface area contributed by atoms with Gasteiger partial charge in [0.2, 0.25) is 5.91 Å². The molecular formula is C19H24N4O2. The zero-order valence-electron chi connectivity index (χ0n) is 14.5. The van der Waals surface area contributed by atoms with Crippen molar-refractivity contribution in [2.75, 3.05) is 19.6 Å². The highest BCUT2D eigenvalue weighted by Crippen LogP contribution is 2.24. The van der Waals surface area contributed by atoms with Gasteiger partial charge in [0.15, 0.2) is 6.04 Å². The summed E-state index contributed by atoms with van der Waals surface area (Å²) in [5, 5.41) is 7.17. The summed E-state index contributed by atoms with van der Waals surface area (Å²) < 4.78 is 1.72. The van der Waals surface area contributed by atoms with E-state index in [4.69, 9.17) is 0 Å². The standard InChI is InChI=1S/C19H24N4O2/c1-15(24)20-14-16-8-12-22(13-9-16)19(25)18(23-11-5-10-21-23)17-6-3-2-4-7-17/h2-7,10-11,16,18H,8-9,12-14H2,1H3,(H,20,24). The predicted molar refractivity (Wildman–Crippen MR) is 94.8 cm³/mol. The fraction of sp³-hybridized carbons (Fsp3) is 0.421. The average molecular weight is 340 g/mol. The maximum atomic E-state index is 13.2. The molecule has 3 rings (SSSR count). The van der Waals surface area contributed by atoms with Crippen molar-refractivity contribution in [3.63, 3.8) is 0 Å². The lowest BCUT2D eigenvalue weighted by Crippen LogP contribution is -2.44. The van der Waals surface area contributed by atoms with E-state index in [9.17, 15) is 9.59 Å². The van der Waals surface area contributed by atoms with Crippen LogP contribution in [0.15, 0.2) is 48.8 Å². The Morgan fingerprint density at radius 2 is 1.92 bits per heavy atom. The van der Waals surface area contributed by atoms with Crippen molar-refractivity contribution in [3.05, 3.63) is 54.4 Å². The molecule has 1 aliphatic rings. The van der Waals surface area contributed by atoms with Gasteiger partial charge in [-0.25, -0.2) is 0 Å². The summed E-state index contributed by atoms with van der Waals surface area (Å²) in [5.74, 6) is 0.516.